The van der Waals surface area contributed by atoms with E-state index in [1.165, 1.54) is 6.42 Å². The highest BCUT2D eigenvalue weighted by atomic mass is 32.2. The van der Waals surface area contributed by atoms with E-state index < -0.39 is 10.0 Å². The predicted molar refractivity (Wildman–Crippen MR) is 81.5 cm³/mol. The van der Waals surface area contributed by atoms with Gasteiger partial charge < -0.3 is 10.3 Å². The molecular weight excluding hydrogens is 288 g/mol. The molecule has 1 aromatic rings. The molecule has 2 aliphatic heterocycles. The van der Waals surface area contributed by atoms with Gasteiger partial charge in [0.05, 0.1) is 4.90 Å². The number of nitrogens with zero attached hydrogens (tertiary/aromatic N) is 2. The van der Waals surface area contributed by atoms with Crippen molar-refractivity contribution in [2.24, 2.45) is 0 Å². The summed E-state index contributed by atoms with van der Waals surface area (Å²) in [6.07, 6.45) is 4.84. The lowest BCUT2D eigenvalue weighted by atomic mass is 10.1. The molecule has 2 aliphatic rings. The number of aromatic amines is 1. The average Bonchev–Trinajstić information content (AvgIpc) is 2.96. The molecule has 1 aromatic heterocycles. The third-order valence-corrected chi connectivity index (χ3v) is 6.68. The van der Waals surface area contributed by atoms with Gasteiger partial charge in [0.25, 0.3) is 0 Å². The molecule has 2 atom stereocenters. The molecule has 118 valence electrons. The Labute approximate surface area is 126 Å². The minimum absolute atomic E-state index is 0.364. The molecule has 0 spiro atoms. The number of sulfonamides is 1. The SMILES string of the molecule is CNCc1cc(S(=O)(=O)N2CCC3CCC(C2)N3C)c[nH]1. The molecule has 2 fully saturated rings. The Morgan fingerprint density at radius 2 is 2.10 bits per heavy atom. The maximum absolute atomic E-state index is 12.8. The molecule has 0 radical (unpaired) electrons. The van der Waals surface area contributed by atoms with E-state index in [4.69, 9.17) is 0 Å². The third-order valence-electron chi connectivity index (χ3n) is 4.83. The summed E-state index contributed by atoms with van der Waals surface area (Å²) < 4.78 is 27.3. The Bertz CT molecular complexity index is 598. The minimum atomic E-state index is -3.38. The van der Waals surface area contributed by atoms with Crippen LogP contribution in [0.3, 0.4) is 0 Å². The molecular formula is C14H24N4O2S. The summed E-state index contributed by atoms with van der Waals surface area (Å²) in [5, 5.41) is 3.02. The standard InChI is InChI=1S/C14H24N4O2S/c1-15-8-11-7-14(9-16-11)21(19,20)18-6-5-12-3-4-13(10-18)17(12)2/h7,9,12-13,15-16H,3-6,8,10H2,1-2H3. The van der Waals surface area contributed by atoms with Gasteiger partial charge in [-0.3, -0.25) is 4.90 Å². The van der Waals surface area contributed by atoms with Crippen LogP contribution >= 0.6 is 0 Å². The van der Waals surface area contributed by atoms with Crippen molar-refractivity contribution in [3.8, 4) is 0 Å². The molecule has 0 saturated carbocycles. The molecule has 3 heterocycles. The molecule has 6 nitrogen and oxygen atoms in total. The van der Waals surface area contributed by atoms with Crippen LogP contribution in [0.2, 0.25) is 0 Å². The smallest absolute Gasteiger partial charge is 0.244 e. The maximum Gasteiger partial charge on any atom is 0.244 e. The number of fused-ring (bicyclic) bond motifs is 2. The first-order valence-electron chi connectivity index (χ1n) is 7.56. The first-order chi connectivity index (χ1) is 10.0. The van der Waals surface area contributed by atoms with Crippen molar-refractivity contribution in [3.05, 3.63) is 18.0 Å². The third kappa shape index (κ3) is 2.75. The van der Waals surface area contributed by atoms with E-state index in [1.807, 2.05) is 7.05 Å². The fourth-order valence-electron chi connectivity index (χ4n) is 3.51. The molecule has 3 rings (SSSR count). The summed E-state index contributed by atoms with van der Waals surface area (Å²) in [7, 11) is 0.587. The first-order valence-corrected chi connectivity index (χ1v) is 9.00. The molecule has 2 bridgehead atoms. The van der Waals surface area contributed by atoms with Crippen LogP contribution in [0, 0.1) is 0 Å². The van der Waals surface area contributed by atoms with E-state index in [-0.39, 0.29) is 0 Å². The van der Waals surface area contributed by atoms with Crippen molar-refractivity contribution in [2.45, 2.75) is 42.8 Å². The molecule has 0 aliphatic carbocycles. The fraction of sp³-hybridized carbons (Fsp3) is 0.714. The Morgan fingerprint density at radius 1 is 1.33 bits per heavy atom. The van der Waals surface area contributed by atoms with E-state index in [9.17, 15) is 8.42 Å². The molecule has 2 N–H and O–H groups in total. The number of hydrogen-bond acceptors (Lipinski definition) is 4. The van der Waals surface area contributed by atoms with Crippen molar-refractivity contribution in [1.82, 2.24) is 19.5 Å². The zero-order chi connectivity index (χ0) is 15.0. The summed E-state index contributed by atoms with van der Waals surface area (Å²) in [5.41, 5.74) is 0.893. The monoisotopic (exact) mass is 312 g/mol. The molecule has 0 amide bonds. The van der Waals surface area contributed by atoms with Gasteiger partial charge in [-0.15, -0.1) is 0 Å². The van der Waals surface area contributed by atoms with Crippen molar-refractivity contribution >= 4 is 10.0 Å². The highest BCUT2D eigenvalue weighted by Crippen LogP contribution is 2.30. The quantitative estimate of drug-likeness (QED) is 0.854. The van der Waals surface area contributed by atoms with Gasteiger partial charge >= 0.3 is 0 Å². The average molecular weight is 312 g/mol. The van der Waals surface area contributed by atoms with Gasteiger partial charge in [0.1, 0.15) is 0 Å². The largest absolute Gasteiger partial charge is 0.363 e. The molecule has 2 saturated heterocycles. The van der Waals surface area contributed by atoms with Crippen LogP contribution in [0.1, 0.15) is 25.0 Å². The van der Waals surface area contributed by atoms with Crippen molar-refractivity contribution in [2.75, 3.05) is 27.2 Å². The zero-order valence-electron chi connectivity index (χ0n) is 12.7. The van der Waals surface area contributed by atoms with E-state index >= 15 is 0 Å². The minimum Gasteiger partial charge on any atom is -0.363 e. The summed E-state index contributed by atoms with van der Waals surface area (Å²) in [6.45, 7) is 1.88. The molecule has 21 heavy (non-hydrogen) atoms. The summed E-state index contributed by atoms with van der Waals surface area (Å²) >= 11 is 0. The van der Waals surface area contributed by atoms with Crippen LogP contribution < -0.4 is 5.32 Å². The normalized spacial score (nSPS) is 27.9. The second-order valence-corrected chi connectivity index (χ2v) is 8.03. The molecule has 7 heteroatoms. The van der Waals surface area contributed by atoms with Gasteiger partial charge in [0, 0.05) is 43.6 Å². The van der Waals surface area contributed by atoms with Gasteiger partial charge in [0.2, 0.25) is 10.0 Å². The van der Waals surface area contributed by atoms with Crippen LogP contribution in [-0.2, 0) is 16.6 Å². The Balaban J connectivity index is 1.81. The maximum atomic E-state index is 12.8. The Kier molecular flexibility index (Phi) is 4.09. The zero-order valence-corrected chi connectivity index (χ0v) is 13.5. The van der Waals surface area contributed by atoms with Crippen LogP contribution in [-0.4, -0.2) is 61.9 Å². The number of rotatable bonds is 4. The lowest BCUT2D eigenvalue weighted by molar-refractivity contribution is 0.246. The summed E-state index contributed by atoms with van der Waals surface area (Å²) in [6, 6.07) is 2.64. The van der Waals surface area contributed by atoms with Gasteiger partial charge in [-0.1, -0.05) is 0 Å². The van der Waals surface area contributed by atoms with Crippen LogP contribution in [0.4, 0.5) is 0 Å². The number of hydrogen-bond donors (Lipinski definition) is 2. The number of likely N-dealkylation sites (N-methyl/N-ethyl adjacent to an activating group) is 1. The first kappa shape index (κ1) is 15.0. The van der Waals surface area contributed by atoms with E-state index in [0.717, 1.165) is 18.5 Å². The summed E-state index contributed by atoms with van der Waals surface area (Å²) in [4.78, 5) is 5.77. The van der Waals surface area contributed by atoms with Crippen LogP contribution in [0.5, 0.6) is 0 Å². The highest BCUT2D eigenvalue weighted by molar-refractivity contribution is 7.89. The van der Waals surface area contributed by atoms with E-state index in [0.29, 0.717) is 36.6 Å². The second kappa shape index (κ2) is 5.72. The molecule has 2 unspecified atom stereocenters. The fourth-order valence-corrected chi connectivity index (χ4v) is 5.02. The van der Waals surface area contributed by atoms with Gasteiger partial charge in [-0.25, -0.2) is 8.42 Å². The number of aromatic nitrogens is 1. The number of H-pyrrole nitrogens is 1. The van der Waals surface area contributed by atoms with Gasteiger partial charge in [-0.05, 0) is 39.4 Å². The van der Waals surface area contributed by atoms with Gasteiger partial charge in [0.15, 0.2) is 0 Å². The van der Waals surface area contributed by atoms with Gasteiger partial charge in [-0.2, -0.15) is 4.31 Å². The molecule has 0 aromatic carbocycles. The van der Waals surface area contributed by atoms with Crippen molar-refractivity contribution in [3.63, 3.8) is 0 Å². The Hall–Kier alpha value is -0.890. The van der Waals surface area contributed by atoms with Crippen molar-refractivity contribution < 1.29 is 8.42 Å². The van der Waals surface area contributed by atoms with E-state index in [2.05, 4.69) is 22.2 Å². The van der Waals surface area contributed by atoms with Crippen molar-refractivity contribution in [1.29, 1.82) is 0 Å². The predicted octanol–water partition coefficient (Wildman–Crippen LogP) is 0.591. The second-order valence-electron chi connectivity index (χ2n) is 6.09. The van der Waals surface area contributed by atoms with Crippen LogP contribution in [0.15, 0.2) is 17.2 Å². The lowest BCUT2D eigenvalue weighted by Crippen LogP contribution is -2.39. The number of nitrogens with one attached hydrogen (secondary N) is 2. The van der Waals surface area contributed by atoms with Crippen LogP contribution in [0.25, 0.3) is 0 Å². The van der Waals surface area contributed by atoms with E-state index in [1.54, 1.807) is 16.6 Å². The highest BCUT2D eigenvalue weighted by Gasteiger charge is 2.38. The topological polar surface area (TPSA) is 68.4 Å². The lowest BCUT2D eigenvalue weighted by Gasteiger charge is -2.24. The Morgan fingerprint density at radius 3 is 2.86 bits per heavy atom. The summed E-state index contributed by atoms with van der Waals surface area (Å²) in [5.74, 6) is 0.